The van der Waals surface area contributed by atoms with Crippen LogP contribution in [0.15, 0.2) is 0 Å². The zero-order valence-electron chi connectivity index (χ0n) is 16.2. The fourth-order valence-electron chi connectivity index (χ4n) is 3.75. The van der Waals surface area contributed by atoms with Crippen LogP contribution >= 0.6 is 0 Å². The molecular weight excluding hydrogens is 286 g/mol. The third-order valence-electron chi connectivity index (χ3n) is 5.72. The molecule has 0 saturated heterocycles. The average Bonchev–Trinajstić information content (AvgIpc) is 2.60. The van der Waals surface area contributed by atoms with Gasteiger partial charge in [0.1, 0.15) is 0 Å². The lowest BCUT2D eigenvalue weighted by Crippen LogP contribution is -2.46. The zero-order valence-corrected chi connectivity index (χ0v) is 16.2. The predicted octanol–water partition coefficient (Wildman–Crippen LogP) is 5.28. The van der Waals surface area contributed by atoms with Crippen molar-refractivity contribution in [1.29, 1.82) is 0 Å². The quantitative estimate of drug-likeness (QED) is 0.368. The third kappa shape index (κ3) is 8.00. The molecule has 1 unspecified atom stereocenters. The van der Waals surface area contributed by atoms with Gasteiger partial charge in [0.15, 0.2) is 5.79 Å². The van der Waals surface area contributed by atoms with Crippen LogP contribution in [-0.4, -0.2) is 32.6 Å². The molecule has 0 spiro atoms. The molecule has 1 rings (SSSR count). The lowest BCUT2D eigenvalue weighted by Gasteiger charge is -2.37. The van der Waals surface area contributed by atoms with Crippen molar-refractivity contribution in [2.45, 2.75) is 103 Å². The van der Waals surface area contributed by atoms with Crippen molar-refractivity contribution in [3.8, 4) is 0 Å². The number of methoxy groups -OCH3 is 2. The number of nitrogens with one attached hydrogen (secondary N) is 1. The minimum Gasteiger partial charge on any atom is -0.353 e. The van der Waals surface area contributed by atoms with Crippen molar-refractivity contribution in [2.75, 3.05) is 20.8 Å². The molecule has 0 radical (unpaired) electrons. The Morgan fingerprint density at radius 3 is 2.17 bits per heavy atom. The monoisotopic (exact) mass is 327 g/mol. The van der Waals surface area contributed by atoms with Crippen molar-refractivity contribution in [2.24, 2.45) is 5.92 Å². The van der Waals surface area contributed by atoms with Crippen LogP contribution in [0.5, 0.6) is 0 Å². The Balaban J connectivity index is 2.38. The van der Waals surface area contributed by atoms with Crippen LogP contribution < -0.4 is 5.32 Å². The van der Waals surface area contributed by atoms with Gasteiger partial charge in [0, 0.05) is 32.7 Å². The molecule has 3 nitrogen and oxygen atoms in total. The van der Waals surface area contributed by atoms with E-state index in [2.05, 4.69) is 19.2 Å². The fraction of sp³-hybridized carbons (Fsp3) is 1.00. The summed E-state index contributed by atoms with van der Waals surface area (Å²) < 4.78 is 11.4. The van der Waals surface area contributed by atoms with Gasteiger partial charge < -0.3 is 14.8 Å². The number of hydrogen-bond donors (Lipinski definition) is 1. The standard InChI is InChI=1S/C20H41NO2/c1-5-6-7-8-9-11-14-18(20(2,22-3)23-4)17-21-19-15-12-10-13-16-19/h18-19,21H,5-17H2,1-4H3. The first-order valence-corrected chi connectivity index (χ1v) is 10.00. The summed E-state index contributed by atoms with van der Waals surface area (Å²) in [5, 5.41) is 3.80. The van der Waals surface area contributed by atoms with E-state index in [1.807, 2.05) is 0 Å². The second-order valence-electron chi connectivity index (χ2n) is 7.42. The second-order valence-corrected chi connectivity index (χ2v) is 7.42. The summed E-state index contributed by atoms with van der Waals surface area (Å²) in [4.78, 5) is 0. The molecule has 0 heterocycles. The van der Waals surface area contributed by atoms with Crippen molar-refractivity contribution in [1.82, 2.24) is 5.32 Å². The van der Waals surface area contributed by atoms with Crippen LogP contribution in [0, 0.1) is 5.92 Å². The third-order valence-corrected chi connectivity index (χ3v) is 5.72. The van der Waals surface area contributed by atoms with E-state index in [1.54, 1.807) is 14.2 Å². The molecule has 1 fully saturated rings. The van der Waals surface area contributed by atoms with E-state index in [4.69, 9.17) is 9.47 Å². The summed E-state index contributed by atoms with van der Waals surface area (Å²) in [5.41, 5.74) is 0. The molecule has 1 aliphatic rings. The Morgan fingerprint density at radius 1 is 0.957 bits per heavy atom. The van der Waals surface area contributed by atoms with Gasteiger partial charge in [-0.05, 0) is 26.2 Å². The number of unbranched alkanes of at least 4 members (excludes halogenated alkanes) is 5. The summed E-state index contributed by atoms with van der Waals surface area (Å²) in [5.74, 6) is -0.0453. The van der Waals surface area contributed by atoms with Crippen molar-refractivity contribution in [3.05, 3.63) is 0 Å². The molecule has 0 aliphatic heterocycles. The highest BCUT2D eigenvalue weighted by molar-refractivity contribution is 4.80. The molecule has 1 aliphatic carbocycles. The molecule has 0 aromatic rings. The van der Waals surface area contributed by atoms with Crippen molar-refractivity contribution < 1.29 is 9.47 Å². The molecule has 1 atom stereocenters. The first-order valence-electron chi connectivity index (χ1n) is 10.00. The number of hydrogen-bond acceptors (Lipinski definition) is 3. The van der Waals surface area contributed by atoms with Crippen LogP contribution in [0.4, 0.5) is 0 Å². The minimum absolute atomic E-state index is 0.422. The Labute approximate surface area is 144 Å². The molecule has 0 aromatic carbocycles. The smallest absolute Gasteiger partial charge is 0.168 e. The summed E-state index contributed by atoms with van der Waals surface area (Å²) in [6.07, 6.45) is 16.1. The number of ether oxygens (including phenoxy) is 2. The van der Waals surface area contributed by atoms with E-state index in [0.29, 0.717) is 12.0 Å². The molecule has 1 N–H and O–H groups in total. The second kappa shape index (κ2) is 12.3. The van der Waals surface area contributed by atoms with Gasteiger partial charge in [-0.3, -0.25) is 0 Å². The predicted molar refractivity (Wildman–Crippen MR) is 98.8 cm³/mol. The van der Waals surface area contributed by atoms with Gasteiger partial charge in [0.25, 0.3) is 0 Å². The molecule has 138 valence electrons. The van der Waals surface area contributed by atoms with Crippen LogP contribution in [0.25, 0.3) is 0 Å². The van der Waals surface area contributed by atoms with E-state index in [-0.39, 0.29) is 0 Å². The maximum absolute atomic E-state index is 5.72. The van der Waals surface area contributed by atoms with E-state index >= 15 is 0 Å². The van der Waals surface area contributed by atoms with Crippen LogP contribution in [0.1, 0.15) is 90.9 Å². The normalized spacial score (nSPS) is 18.3. The Bertz CT molecular complexity index is 273. The van der Waals surface area contributed by atoms with Gasteiger partial charge in [-0.1, -0.05) is 64.7 Å². The van der Waals surface area contributed by atoms with Gasteiger partial charge >= 0.3 is 0 Å². The molecule has 0 aromatic heterocycles. The first kappa shape index (κ1) is 20.9. The van der Waals surface area contributed by atoms with Gasteiger partial charge in [0.2, 0.25) is 0 Å². The maximum atomic E-state index is 5.72. The Hall–Kier alpha value is -0.120. The highest BCUT2D eigenvalue weighted by Gasteiger charge is 2.34. The lowest BCUT2D eigenvalue weighted by molar-refractivity contribution is -0.227. The molecule has 0 bridgehead atoms. The fourth-order valence-corrected chi connectivity index (χ4v) is 3.75. The highest BCUT2D eigenvalue weighted by Crippen LogP contribution is 2.28. The summed E-state index contributed by atoms with van der Waals surface area (Å²) in [6, 6.07) is 0.703. The van der Waals surface area contributed by atoms with Gasteiger partial charge in [-0.15, -0.1) is 0 Å². The highest BCUT2D eigenvalue weighted by atomic mass is 16.7. The van der Waals surface area contributed by atoms with Crippen LogP contribution in [-0.2, 0) is 9.47 Å². The van der Waals surface area contributed by atoms with Gasteiger partial charge in [-0.2, -0.15) is 0 Å². The molecule has 0 amide bonds. The van der Waals surface area contributed by atoms with E-state index in [9.17, 15) is 0 Å². The Kier molecular flexibility index (Phi) is 11.2. The maximum Gasteiger partial charge on any atom is 0.168 e. The summed E-state index contributed by atoms with van der Waals surface area (Å²) >= 11 is 0. The van der Waals surface area contributed by atoms with E-state index in [0.717, 1.165) is 6.54 Å². The lowest BCUT2D eigenvalue weighted by atomic mass is 9.90. The Morgan fingerprint density at radius 2 is 1.57 bits per heavy atom. The molecular formula is C20H41NO2. The van der Waals surface area contributed by atoms with Crippen LogP contribution in [0.2, 0.25) is 0 Å². The van der Waals surface area contributed by atoms with Crippen LogP contribution in [0.3, 0.4) is 0 Å². The van der Waals surface area contributed by atoms with Gasteiger partial charge in [0.05, 0.1) is 0 Å². The largest absolute Gasteiger partial charge is 0.353 e. The van der Waals surface area contributed by atoms with Crippen molar-refractivity contribution in [3.63, 3.8) is 0 Å². The topological polar surface area (TPSA) is 30.5 Å². The summed E-state index contributed by atoms with van der Waals surface area (Å²) in [7, 11) is 3.55. The van der Waals surface area contributed by atoms with Crippen molar-refractivity contribution >= 4 is 0 Å². The van der Waals surface area contributed by atoms with Gasteiger partial charge in [-0.25, -0.2) is 0 Å². The number of rotatable bonds is 13. The molecule has 1 saturated carbocycles. The first-order chi connectivity index (χ1) is 11.2. The average molecular weight is 328 g/mol. The molecule has 3 heteroatoms. The van der Waals surface area contributed by atoms with E-state index in [1.165, 1.54) is 77.0 Å². The van der Waals surface area contributed by atoms with E-state index < -0.39 is 5.79 Å². The minimum atomic E-state index is -0.467. The molecule has 23 heavy (non-hydrogen) atoms. The zero-order chi connectivity index (χ0) is 17.0. The SMILES string of the molecule is CCCCCCCCC(CNC1CCCCC1)C(C)(OC)OC. The summed E-state index contributed by atoms with van der Waals surface area (Å²) in [6.45, 7) is 5.38.